The standard InChI is InChI=1S/C19H25NO5S/c1-13-10-18(25-5)19(11-14(13)2)26(22,23)20(3)12-17(21)15-6-8-16(24-4)9-7-15/h6-11,17,21H,12H2,1-5H3. The summed E-state index contributed by atoms with van der Waals surface area (Å²) in [5, 5.41) is 10.4. The fraction of sp³-hybridized carbons (Fsp3) is 0.368. The van der Waals surface area contributed by atoms with E-state index in [9.17, 15) is 13.5 Å². The van der Waals surface area contributed by atoms with E-state index in [0.29, 0.717) is 17.1 Å². The number of aliphatic hydroxyl groups excluding tert-OH is 1. The number of ether oxygens (including phenoxy) is 2. The first-order chi connectivity index (χ1) is 12.2. The van der Waals surface area contributed by atoms with Crippen molar-refractivity contribution in [2.45, 2.75) is 24.8 Å². The fourth-order valence-electron chi connectivity index (χ4n) is 2.57. The Kier molecular flexibility index (Phi) is 6.28. The molecule has 0 amide bonds. The summed E-state index contributed by atoms with van der Waals surface area (Å²) in [6.07, 6.45) is -0.960. The molecule has 0 saturated carbocycles. The maximum Gasteiger partial charge on any atom is 0.246 e. The van der Waals surface area contributed by atoms with Gasteiger partial charge >= 0.3 is 0 Å². The summed E-state index contributed by atoms with van der Waals surface area (Å²) in [4.78, 5) is 0.0903. The Morgan fingerprint density at radius 2 is 1.62 bits per heavy atom. The zero-order chi connectivity index (χ0) is 19.5. The van der Waals surface area contributed by atoms with E-state index in [1.807, 2.05) is 13.8 Å². The minimum Gasteiger partial charge on any atom is -0.497 e. The molecule has 7 heteroatoms. The van der Waals surface area contributed by atoms with Crippen molar-refractivity contribution in [3.05, 3.63) is 53.1 Å². The smallest absolute Gasteiger partial charge is 0.246 e. The molecule has 0 heterocycles. The molecular formula is C19H25NO5S. The van der Waals surface area contributed by atoms with Gasteiger partial charge in [0.1, 0.15) is 16.4 Å². The van der Waals surface area contributed by atoms with Crippen molar-refractivity contribution in [1.29, 1.82) is 0 Å². The predicted molar refractivity (Wildman–Crippen MR) is 100 cm³/mol. The minimum absolute atomic E-state index is 0.0786. The van der Waals surface area contributed by atoms with Gasteiger partial charge in [0.15, 0.2) is 0 Å². The molecular weight excluding hydrogens is 354 g/mol. The summed E-state index contributed by atoms with van der Waals surface area (Å²) in [6, 6.07) is 10.2. The number of nitrogens with zero attached hydrogens (tertiary/aromatic N) is 1. The molecule has 2 aromatic rings. The van der Waals surface area contributed by atoms with Crippen LogP contribution >= 0.6 is 0 Å². The van der Waals surface area contributed by atoms with Gasteiger partial charge in [-0.05, 0) is 54.8 Å². The van der Waals surface area contributed by atoms with Gasteiger partial charge in [0.05, 0.1) is 20.3 Å². The van der Waals surface area contributed by atoms with Crippen LogP contribution < -0.4 is 9.47 Å². The first kappa shape index (κ1) is 20.2. The Bertz CT molecular complexity index is 862. The lowest BCUT2D eigenvalue weighted by Gasteiger charge is -2.22. The average Bonchev–Trinajstić information content (AvgIpc) is 2.63. The first-order valence-electron chi connectivity index (χ1n) is 8.14. The topological polar surface area (TPSA) is 76.1 Å². The highest BCUT2D eigenvalue weighted by Gasteiger charge is 2.27. The molecule has 0 aromatic heterocycles. The van der Waals surface area contributed by atoms with Gasteiger partial charge in [-0.15, -0.1) is 0 Å². The van der Waals surface area contributed by atoms with Crippen molar-refractivity contribution >= 4 is 10.0 Å². The van der Waals surface area contributed by atoms with Gasteiger partial charge in [-0.2, -0.15) is 4.31 Å². The molecule has 6 nitrogen and oxygen atoms in total. The van der Waals surface area contributed by atoms with Crippen LogP contribution in [-0.2, 0) is 10.0 Å². The third-order valence-corrected chi connectivity index (χ3v) is 6.24. The van der Waals surface area contributed by atoms with Gasteiger partial charge in [-0.3, -0.25) is 0 Å². The molecule has 26 heavy (non-hydrogen) atoms. The van der Waals surface area contributed by atoms with Crippen LogP contribution in [0.5, 0.6) is 11.5 Å². The quantitative estimate of drug-likeness (QED) is 0.800. The molecule has 0 radical (unpaired) electrons. The van der Waals surface area contributed by atoms with Crippen molar-refractivity contribution in [2.24, 2.45) is 0 Å². The van der Waals surface area contributed by atoms with E-state index in [-0.39, 0.29) is 11.4 Å². The Balaban J connectivity index is 2.27. The Labute approximate surface area is 155 Å². The average molecular weight is 379 g/mol. The van der Waals surface area contributed by atoms with Gasteiger partial charge in [0, 0.05) is 13.6 Å². The van der Waals surface area contributed by atoms with Crippen molar-refractivity contribution in [3.8, 4) is 11.5 Å². The van der Waals surface area contributed by atoms with Crippen LogP contribution in [0.1, 0.15) is 22.8 Å². The lowest BCUT2D eigenvalue weighted by molar-refractivity contribution is 0.155. The van der Waals surface area contributed by atoms with Gasteiger partial charge in [-0.1, -0.05) is 12.1 Å². The van der Waals surface area contributed by atoms with Crippen molar-refractivity contribution in [2.75, 3.05) is 27.8 Å². The number of methoxy groups -OCH3 is 2. The highest BCUT2D eigenvalue weighted by Crippen LogP contribution is 2.30. The second kappa shape index (κ2) is 8.07. The molecule has 2 aromatic carbocycles. The highest BCUT2D eigenvalue weighted by molar-refractivity contribution is 7.89. The van der Waals surface area contributed by atoms with Crippen molar-refractivity contribution in [1.82, 2.24) is 4.31 Å². The normalized spacial score (nSPS) is 12.9. The van der Waals surface area contributed by atoms with Gasteiger partial charge in [0.25, 0.3) is 0 Å². The van der Waals surface area contributed by atoms with Crippen molar-refractivity contribution < 1.29 is 23.0 Å². The SMILES string of the molecule is COc1ccc(C(O)CN(C)S(=O)(=O)c2cc(C)c(C)cc2OC)cc1. The molecule has 0 bridgehead atoms. The molecule has 142 valence electrons. The lowest BCUT2D eigenvalue weighted by Crippen LogP contribution is -2.31. The summed E-state index contributed by atoms with van der Waals surface area (Å²) in [7, 11) is 0.626. The molecule has 1 unspecified atom stereocenters. The van der Waals surface area contributed by atoms with Crippen LogP contribution in [0.4, 0.5) is 0 Å². The minimum atomic E-state index is -3.81. The van der Waals surface area contributed by atoms with Crippen LogP contribution in [0.2, 0.25) is 0 Å². The summed E-state index contributed by atoms with van der Waals surface area (Å²) in [5.74, 6) is 0.959. The number of sulfonamides is 1. The highest BCUT2D eigenvalue weighted by atomic mass is 32.2. The molecule has 0 aliphatic heterocycles. The number of aryl methyl sites for hydroxylation is 2. The van der Waals surface area contributed by atoms with Crippen LogP contribution in [-0.4, -0.2) is 45.6 Å². The van der Waals surface area contributed by atoms with Crippen LogP contribution in [0.25, 0.3) is 0 Å². The Morgan fingerprint density at radius 3 is 2.15 bits per heavy atom. The van der Waals surface area contributed by atoms with Crippen molar-refractivity contribution in [3.63, 3.8) is 0 Å². The third kappa shape index (κ3) is 4.17. The summed E-state index contributed by atoms with van der Waals surface area (Å²) in [6.45, 7) is 3.66. The molecule has 0 fully saturated rings. The second-order valence-corrected chi connectivity index (χ2v) is 8.18. The lowest BCUT2D eigenvalue weighted by atomic mass is 10.1. The van der Waals surface area contributed by atoms with E-state index in [1.165, 1.54) is 14.2 Å². The Hall–Kier alpha value is -2.09. The van der Waals surface area contributed by atoms with Crippen LogP contribution in [0.3, 0.4) is 0 Å². The van der Waals surface area contributed by atoms with Crippen LogP contribution in [0, 0.1) is 13.8 Å². The third-order valence-electron chi connectivity index (χ3n) is 4.40. The van der Waals surface area contributed by atoms with E-state index in [2.05, 4.69) is 0 Å². The zero-order valence-electron chi connectivity index (χ0n) is 15.7. The summed E-state index contributed by atoms with van der Waals surface area (Å²) < 4.78 is 37.4. The molecule has 1 N–H and O–H groups in total. The summed E-state index contributed by atoms with van der Waals surface area (Å²) >= 11 is 0. The molecule has 0 aliphatic rings. The predicted octanol–water partition coefficient (Wildman–Crippen LogP) is 2.67. The molecule has 2 rings (SSSR count). The first-order valence-corrected chi connectivity index (χ1v) is 9.58. The molecule has 0 spiro atoms. The number of hydrogen-bond acceptors (Lipinski definition) is 5. The maximum absolute atomic E-state index is 13.0. The fourth-order valence-corrected chi connectivity index (χ4v) is 3.96. The largest absolute Gasteiger partial charge is 0.497 e. The number of rotatable bonds is 7. The zero-order valence-corrected chi connectivity index (χ0v) is 16.5. The molecule has 1 atom stereocenters. The summed E-state index contributed by atoms with van der Waals surface area (Å²) in [5.41, 5.74) is 2.41. The van der Waals surface area contributed by atoms with Gasteiger partial charge in [0.2, 0.25) is 10.0 Å². The van der Waals surface area contributed by atoms with E-state index < -0.39 is 16.1 Å². The van der Waals surface area contributed by atoms with E-state index >= 15 is 0 Å². The molecule has 0 aliphatic carbocycles. The maximum atomic E-state index is 13.0. The number of benzene rings is 2. The van der Waals surface area contributed by atoms with E-state index in [1.54, 1.807) is 43.5 Å². The number of likely N-dealkylation sites (N-methyl/N-ethyl adjacent to an activating group) is 1. The second-order valence-electron chi connectivity index (χ2n) is 6.16. The van der Waals surface area contributed by atoms with Gasteiger partial charge in [-0.25, -0.2) is 8.42 Å². The molecule has 0 saturated heterocycles. The Morgan fingerprint density at radius 1 is 1.04 bits per heavy atom. The van der Waals surface area contributed by atoms with E-state index in [4.69, 9.17) is 9.47 Å². The van der Waals surface area contributed by atoms with E-state index in [0.717, 1.165) is 15.4 Å². The van der Waals surface area contributed by atoms with Crippen LogP contribution in [0.15, 0.2) is 41.3 Å². The number of aliphatic hydroxyl groups is 1. The van der Waals surface area contributed by atoms with Gasteiger partial charge < -0.3 is 14.6 Å². The number of hydrogen-bond donors (Lipinski definition) is 1. The monoisotopic (exact) mass is 379 g/mol.